The Hall–Kier alpha value is -3.34. The molecular weight excluding hydrogens is 419 g/mol. The van der Waals surface area contributed by atoms with E-state index in [0.29, 0.717) is 32.3 Å². The van der Waals surface area contributed by atoms with E-state index in [4.69, 9.17) is 23.2 Å². The normalized spacial score (nSPS) is 11.3. The third kappa shape index (κ3) is 2.84. The number of hydrogen-bond acceptors (Lipinski definition) is 2. The maximum atomic E-state index is 13.6. The predicted molar refractivity (Wildman–Crippen MR) is 122 cm³/mol. The Morgan fingerprint density at radius 1 is 0.700 bits per heavy atom. The van der Waals surface area contributed by atoms with Crippen LogP contribution in [0.2, 0.25) is 10.0 Å². The minimum absolute atomic E-state index is 0.207. The van der Waals surface area contributed by atoms with Crippen LogP contribution in [0.3, 0.4) is 0 Å². The van der Waals surface area contributed by atoms with Crippen LogP contribution < -0.4 is 5.56 Å². The molecule has 0 aliphatic rings. The molecular formula is C24H14Cl2N2O2. The number of carbonyl (C=O) groups is 1. The second-order valence-corrected chi connectivity index (χ2v) is 7.77. The molecule has 0 radical (unpaired) electrons. The van der Waals surface area contributed by atoms with Crippen molar-refractivity contribution in [1.29, 1.82) is 0 Å². The SMILES string of the molecule is O=Cc1cc2c(=O)n(-c3ccc(Cl)cc3)c3ccccc3c2n1-c1ccc(Cl)cc1. The number of aldehydes is 1. The van der Waals surface area contributed by atoms with E-state index in [-0.39, 0.29) is 5.56 Å². The van der Waals surface area contributed by atoms with Crippen LogP contribution in [0.25, 0.3) is 33.2 Å². The molecule has 4 nitrogen and oxygen atoms in total. The third-order valence-corrected chi connectivity index (χ3v) is 5.66. The van der Waals surface area contributed by atoms with Crippen LogP contribution in [0.5, 0.6) is 0 Å². The molecule has 2 heterocycles. The van der Waals surface area contributed by atoms with E-state index in [1.807, 2.05) is 36.4 Å². The van der Waals surface area contributed by atoms with Crippen molar-refractivity contribution >= 4 is 51.3 Å². The lowest BCUT2D eigenvalue weighted by molar-refractivity contribution is 0.111. The van der Waals surface area contributed by atoms with Crippen molar-refractivity contribution in [2.45, 2.75) is 0 Å². The Labute approximate surface area is 181 Å². The summed E-state index contributed by atoms with van der Waals surface area (Å²) in [6.07, 6.45) is 0.759. The lowest BCUT2D eigenvalue weighted by Crippen LogP contribution is -2.19. The molecule has 0 saturated carbocycles. The summed E-state index contributed by atoms with van der Waals surface area (Å²) in [5.74, 6) is 0. The molecule has 0 aliphatic carbocycles. The maximum Gasteiger partial charge on any atom is 0.265 e. The highest BCUT2D eigenvalue weighted by atomic mass is 35.5. The minimum atomic E-state index is -0.207. The first-order valence-corrected chi connectivity index (χ1v) is 10.0. The number of benzene rings is 3. The fourth-order valence-corrected chi connectivity index (χ4v) is 4.11. The van der Waals surface area contributed by atoms with Gasteiger partial charge < -0.3 is 4.57 Å². The topological polar surface area (TPSA) is 44.0 Å². The smallest absolute Gasteiger partial charge is 0.265 e. The lowest BCUT2D eigenvalue weighted by atomic mass is 10.1. The van der Waals surface area contributed by atoms with E-state index < -0.39 is 0 Å². The van der Waals surface area contributed by atoms with Gasteiger partial charge in [0.05, 0.1) is 22.1 Å². The summed E-state index contributed by atoms with van der Waals surface area (Å²) in [5, 5.41) is 2.50. The molecule has 0 spiro atoms. The number of hydrogen-bond donors (Lipinski definition) is 0. The van der Waals surface area contributed by atoms with E-state index in [0.717, 1.165) is 22.9 Å². The Kier molecular flexibility index (Phi) is 4.46. The molecule has 0 unspecified atom stereocenters. The summed E-state index contributed by atoms with van der Waals surface area (Å²) in [6, 6.07) is 23.6. The second kappa shape index (κ2) is 7.17. The van der Waals surface area contributed by atoms with Crippen LogP contribution in [-0.2, 0) is 0 Å². The highest BCUT2D eigenvalue weighted by Gasteiger charge is 2.19. The van der Waals surface area contributed by atoms with Gasteiger partial charge in [0.2, 0.25) is 0 Å². The molecule has 5 rings (SSSR count). The van der Waals surface area contributed by atoms with E-state index >= 15 is 0 Å². The highest BCUT2D eigenvalue weighted by Crippen LogP contribution is 2.30. The van der Waals surface area contributed by atoms with Gasteiger partial charge in [-0.15, -0.1) is 0 Å². The fraction of sp³-hybridized carbons (Fsp3) is 0. The van der Waals surface area contributed by atoms with Gasteiger partial charge in [-0.1, -0.05) is 41.4 Å². The van der Waals surface area contributed by atoms with Gasteiger partial charge in [-0.25, -0.2) is 0 Å². The van der Waals surface area contributed by atoms with E-state index in [1.54, 1.807) is 51.6 Å². The van der Waals surface area contributed by atoms with Gasteiger partial charge in [-0.2, -0.15) is 0 Å². The molecule has 146 valence electrons. The molecule has 3 aromatic carbocycles. The number of rotatable bonds is 3. The highest BCUT2D eigenvalue weighted by molar-refractivity contribution is 6.30. The summed E-state index contributed by atoms with van der Waals surface area (Å²) in [6.45, 7) is 0. The lowest BCUT2D eigenvalue weighted by Gasteiger charge is -2.14. The number of carbonyl (C=O) groups excluding carboxylic acids is 1. The van der Waals surface area contributed by atoms with Gasteiger partial charge in [-0.3, -0.25) is 14.2 Å². The van der Waals surface area contributed by atoms with Gasteiger partial charge in [0.15, 0.2) is 6.29 Å². The van der Waals surface area contributed by atoms with Crippen molar-refractivity contribution in [3.8, 4) is 11.4 Å². The predicted octanol–water partition coefficient (Wildman–Crippen LogP) is 6.05. The molecule has 0 amide bonds. The van der Waals surface area contributed by atoms with Crippen molar-refractivity contribution in [3.63, 3.8) is 0 Å². The minimum Gasteiger partial charge on any atom is -0.306 e. The number of pyridine rings is 1. The summed E-state index contributed by atoms with van der Waals surface area (Å²) < 4.78 is 3.45. The molecule has 0 atom stereocenters. The number of para-hydroxylation sites is 1. The van der Waals surface area contributed by atoms with Crippen LogP contribution >= 0.6 is 23.2 Å². The van der Waals surface area contributed by atoms with E-state index in [9.17, 15) is 9.59 Å². The van der Waals surface area contributed by atoms with Gasteiger partial charge in [0.25, 0.3) is 5.56 Å². The van der Waals surface area contributed by atoms with Crippen LogP contribution in [0.15, 0.2) is 83.7 Å². The number of aromatic nitrogens is 2. The average molecular weight is 433 g/mol. The standard InChI is InChI=1S/C24H14Cl2N2O2/c25-15-5-9-17(10-6-15)27-19(14-29)13-21-23(27)20-3-1-2-4-22(20)28(24(21)30)18-11-7-16(26)8-12-18/h1-14H. The van der Waals surface area contributed by atoms with Crippen molar-refractivity contribution in [1.82, 2.24) is 9.13 Å². The molecule has 0 saturated heterocycles. The molecule has 2 aromatic heterocycles. The first kappa shape index (κ1) is 18.7. The number of nitrogens with zero attached hydrogens (tertiary/aromatic N) is 2. The summed E-state index contributed by atoms with van der Waals surface area (Å²) >= 11 is 12.1. The molecule has 0 N–H and O–H groups in total. The first-order valence-electron chi connectivity index (χ1n) is 9.25. The molecule has 6 heteroatoms. The molecule has 0 aliphatic heterocycles. The quantitative estimate of drug-likeness (QED) is 0.325. The zero-order chi connectivity index (χ0) is 20.8. The number of fused-ring (bicyclic) bond motifs is 3. The largest absolute Gasteiger partial charge is 0.306 e. The fourth-order valence-electron chi connectivity index (χ4n) is 3.86. The molecule has 0 bridgehead atoms. The van der Waals surface area contributed by atoms with Gasteiger partial charge in [0, 0.05) is 26.8 Å². The van der Waals surface area contributed by atoms with Crippen molar-refractivity contribution < 1.29 is 4.79 Å². The van der Waals surface area contributed by atoms with Gasteiger partial charge >= 0.3 is 0 Å². The van der Waals surface area contributed by atoms with Gasteiger partial charge in [-0.05, 0) is 60.7 Å². The van der Waals surface area contributed by atoms with Crippen LogP contribution in [0.4, 0.5) is 0 Å². The summed E-state index contributed by atoms with van der Waals surface area (Å²) in [4.78, 5) is 25.5. The van der Waals surface area contributed by atoms with E-state index in [2.05, 4.69) is 0 Å². The van der Waals surface area contributed by atoms with Gasteiger partial charge in [0.1, 0.15) is 0 Å². The maximum absolute atomic E-state index is 13.6. The summed E-state index contributed by atoms with van der Waals surface area (Å²) in [5.41, 5.74) is 3.07. The Balaban J connectivity index is 1.96. The van der Waals surface area contributed by atoms with Crippen LogP contribution in [-0.4, -0.2) is 15.4 Å². The second-order valence-electron chi connectivity index (χ2n) is 6.90. The Morgan fingerprint density at radius 2 is 1.27 bits per heavy atom. The van der Waals surface area contributed by atoms with Crippen LogP contribution in [0.1, 0.15) is 10.5 Å². The first-order chi connectivity index (χ1) is 14.6. The summed E-state index contributed by atoms with van der Waals surface area (Å²) in [7, 11) is 0. The number of halogens is 2. The third-order valence-electron chi connectivity index (χ3n) is 5.15. The Morgan fingerprint density at radius 3 is 1.87 bits per heavy atom. The average Bonchev–Trinajstić information content (AvgIpc) is 3.16. The van der Waals surface area contributed by atoms with E-state index in [1.165, 1.54) is 0 Å². The van der Waals surface area contributed by atoms with Crippen molar-refractivity contribution in [2.24, 2.45) is 0 Å². The molecule has 0 fully saturated rings. The Bertz CT molecular complexity index is 1480. The molecule has 30 heavy (non-hydrogen) atoms. The van der Waals surface area contributed by atoms with Crippen molar-refractivity contribution in [2.75, 3.05) is 0 Å². The zero-order valence-corrected chi connectivity index (χ0v) is 17.1. The van der Waals surface area contributed by atoms with Crippen LogP contribution in [0, 0.1) is 0 Å². The monoisotopic (exact) mass is 432 g/mol. The van der Waals surface area contributed by atoms with Crippen molar-refractivity contribution in [3.05, 3.63) is 105 Å². The molecule has 5 aromatic rings. The zero-order valence-electron chi connectivity index (χ0n) is 15.5.